The largest absolute Gasteiger partial charge is 0.508 e. The monoisotopic (exact) mass is 505 g/mol. The molecule has 2 heterocycles. The number of methoxy groups -OCH3 is 1. The van der Waals surface area contributed by atoms with Gasteiger partial charge >= 0.3 is 11.7 Å². The van der Waals surface area contributed by atoms with Crippen LogP contribution in [0.2, 0.25) is 0 Å². The Bertz CT molecular complexity index is 1360. The lowest BCUT2D eigenvalue weighted by atomic mass is 10.0. The van der Waals surface area contributed by atoms with Crippen molar-refractivity contribution in [1.29, 1.82) is 0 Å². The van der Waals surface area contributed by atoms with Crippen molar-refractivity contribution in [2.75, 3.05) is 7.11 Å². The summed E-state index contributed by atoms with van der Waals surface area (Å²) in [7, 11) is 1.15. The number of carbonyl (C=O) groups is 3. The summed E-state index contributed by atoms with van der Waals surface area (Å²) in [4.78, 5) is 50.0. The number of benzene rings is 3. The number of nitrogens with one attached hydrogen (secondary N) is 2. The van der Waals surface area contributed by atoms with Crippen LogP contribution in [0.4, 0.5) is 5.69 Å². The molecule has 0 aliphatic carbocycles. The first-order valence-electron chi connectivity index (χ1n) is 11.2. The quantitative estimate of drug-likeness (QED) is 0.279. The Kier molecular flexibility index (Phi) is 7.33. The highest BCUT2D eigenvalue weighted by Gasteiger charge is 2.30. The number of rotatable bonds is 3. The van der Waals surface area contributed by atoms with Gasteiger partial charge in [0.25, 0.3) is 0 Å². The van der Waals surface area contributed by atoms with Gasteiger partial charge in [-0.1, -0.05) is 30.3 Å². The molecule has 2 aliphatic heterocycles. The third-order valence-electron chi connectivity index (χ3n) is 5.75. The molecule has 4 bridgehead atoms. The summed E-state index contributed by atoms with van der Waals surface area (Å²) in [5, 5.41) is 26.7. The van der Waals surface area contributed by atoms with E-state index in [9.17, 15) is 29.6 Å². The number of carbonyl (C=O) groups excluding carboxylic acids is 3. The van der Waals surface area contributed by atoms with Crippen molar-refractivity contribution >= 4 is 23.5 Å². The van der Waals surface area contributed by atoms with Gasteiger partial charge < -0.3 is 25.2 Å². The Morgan fingerprint density at radius 2 is 1.81 bits per heavy atom. The van der Waals surface area contributed by atoms with E-state index in [1.165, 1.54) is 36.4 Å². The fraction of sp³-hybridized carbons (Fsp3) is 0.192. The standard InChI is InChI=1S/C26H23N3O8/c1-36-26(33)20-12-16-5-10-22(21(13-16)29(34)35)37-19-4-2-3-15(11-19)14-23(31)28-24(25(32)27-20)17-6-8-18(30)9-7-17/h2-11,13,20,24,30H,12,14H2,1H3,(H,27,32)(H,28,31)/t20-,24+/m1/s1. The second-order valence-corrected chi connectivity index (χ2v) is 8.37. The summed E-state index contributed by atoms with van der Waals surface area (Å²) >= 11 is 0. The van der Waals surface area contributed by atoms with Crippen LogP contribution in [0.3, 0.4) is 0 Å². The number of amides is 2. The molecule has 5 rings (SSSR count). The SMILES string of the molecule is COC(=O)[C@H]1Cc2ccc(c([N+](=O)[O-])c2)Oc2cccc(c2)CC(=O)N[C@@H](c2ccc(O)cc2)C(=O)N1. The van der Waals surface area contributed by atoms with Gasteiger partial charge in [0.2, 0.25) is 17.6 Å². The van der Waals surface area contributed by atoms with E-state index >= 15 is 0 Å². The number of aromatic hydroxyl groups is 1. The van der Waals surface area contributed by atoms with Gasteiger partial charge in [-0.2, -0.15) is 0 Å². The zero-order valence-corrected chi connectivity index (χ0v) is 19.7. The van der Waals surface area contributed by atoms with Gasteiger partial charge in [-0.3, -0.25) is 19.7 Å². The summed E-state index contributed by atoms with van der Waals surface area (Å²) in [6.07, 6.45) is -0.244. The van der Waals surface area contributed by atoms with Crippen LogP contribution in [0.5, 0.6) is 17.2 Å². The Morgan fingerprint density at radius 3 is 2.51 bits per heavy atom. The summed E-state index contributed by atoms with van der Waals surface area (Å²) in [6, 6.07) is 14.0. The minimum atomic E-state index is -1.21. The molecule has 0 fully saturated rings. The Hall–Kier alpha value is -4.93. The number of nitro groups is 1. The molecule has 0 saturated heterocycles. The predicted octanol–water partition coefficient (Wildman–Crippen LogP) is 2.71. The van der Waals surface area contributed by atoms with Crippen molar-refractivity contribution < 1.29 is 33.9 Å². The van der Waals surface area contributed by atoms with E-state index in [1.807, 2.05) is 0 Å². The van der Waals surface area contributed by atoms with Gasteiger partial charge in [0.15, 0.2) is 0 Å². The molecule has 3 aromatic rings. The van der Waals surface area contributed by atoms with Crippen LogP contribution in [0.25, 0.3) is 0 Å². The zero-order valence-electron chi connectivity index (χ0n) is 19.7. The molecule has 190 valence electrons. The lowest BCUT2D eigenvalue weighted by Gasteiger charge is -2.23. The third kappa shape index (κ3) is 6.01. The number of esters is 1. The molecule has 37 heavy (non-hydrogen) atoms. The maximum atomic E-state index is 13.4. The molecule has 2 amide bonds. The van der Waals surface area contributed by atoms with E-state index in [0.29, 0.717) is 16.7 Å². The van der Waals surface area contributed by atoms with E-state index in [2.05, 4.69) is 10.6 Å². The molecule has 0 unspecified atom stereocenters. The molecule has 11 nitrogen and oxygen atoms in total. The molecule has 2 aliphatic rings. The molecular formula is C26H23N3O8. The number of phenols is 1. The van der Waals surface area contributed by atoms with Crippen molar-refractivity contribution in [1.82, 2.24) is 10.6 Å². The number of fused-ring (bicyclic) bond motifs is 9. The summed E-state index contributed by atoms with van der Waals surface area (Å²) < 4.78 is 10.6. The van der Waals surface area contributed by atoms with Crippen LogP contribution in [-0.4, -0.2) is 41.0 Å². The average molecular weight is 505 g/mol. The zero-order chi connectivity index (χ0) is 26.5. The lowest BCUT2D eigenvalue weighted by Crippen LogP contribution is -2.48. The number of hydrogen-bond donors (Lipinski definition) is 3. The fourth-order valence-corrected chi connectivity index (χ4v) is 3.96. The van der Waals surface area contributed by atoms with Crippen molar-refractivity contribution in [2.24, 2.45) is 0 Å². The highest BCUT2D eigenvalue weighted by Crippen LogP contribution is 2.33. The van der Waals surface area contributed by atoms with Crippen molar-refractivity contribution in [3.8, 4) is 17.2 Å². The molecule has 0 radical (unpaired) electrons. The molecule has 0 aromatic heterocycles. The molecule has 11 heteroatoms. The van der Waals surface area contributed by atoms with Gasteiger partial charge in [-0.15, -0.1) is 0 Å². The normalized spacial score (nSPS) is 17.8. The number of nitrogens with zero attached hydrogens (tertiary/aromatic N) is 1. The van der Waals surface area contributed by atoms with E-state index in [0.717, 1.165) is 7.11 Å². The van der Waals surface area contributed by atoms with Crippen LogP contribution in [0, 0.1) is 10.1 Å². The first-order valence-corrected chi connectivity index (χ1v) is 11.2. The van der Waals surface area contributed by atoms with Crippen molar-refractivity contribution in [2.45, 2.75) is 24.9 Å². The first-order chi connectivity index (χ1) is 17.7. The van der Waals surface area contributed by atoms with Gasteiger partial charge in [0.1, 0.15) is 23.6 Å². The highest BCUT2D eigenvalue weighted by molar-refractivity contribution is 5.92. The lowest BCUT2D eigenvalue weighted by molar-refractivity contribution is -0.385. The second-order valence-electron chi connectivity index (χ2n) is 8.37. The number of ether oxygens (including phenoxy) is 2. The van der Waals surface area contributed by atoms with E-state index < -0.39 is 34.8 Å². The number of hydrogen-bond acceptors (Lipinski definition) is 8. The maximum Gasteiger partial charge on any atom is 0.328 e. The average Bonchev–Trinajstić information content (AvgIpc) is 2.87. The summed E-state index contributed by atoms with van der Waals surface area (Å²) in [5.41, 5.74) is 0.953. The highest BCUT2D eigenvalue weighted by atomic mass is 16.6. The molecule has 3 N–H and O–H groups in total. The molecule has 0 spiro atoms. The summed E-state index contributed by atoms with van der Waals surface area (Å²) in [6.45, 7) is 0. The van der Waals surface area contributed by atoms with Crippen molar-refractivity contribution in [3.63, 3.8) is 0 Å². The minimum absolute atomic E-state index is 0.0199. The Labute approximate surface area is 211 Å². The summed E-state index contributed by atoms with van der Waals surface area (Å²) in [5.74, 6) is -1.74. The van der Waals surface area contributed by atoms with Crippen LogP contribution in [-0.2, 0) is 32.0 Å². The topological polar surface area (TPSA) is 157 Å². The Balaban J connectivity index is 1.79. The number of phenolic OH excluding ortho intramolecular Hbond substituents is 1. The van der Waals surface area contributed by atoms with Gasteiger partial charge in [-0.05, 0) is 47.0 Å². The van der Waals surface area contributed by atoms with Crippen LogP contribution in [0.1, 0.15) is 22.7 Å². The van der Waals surface area contributed by atoms with Gasteiger partial charge in [0.05, 0.1) is 18.5 Å². The molecular weight excluding hydrogens is 482 g/mol. The maximum absolute atomic E-state index is 13.4. The number of nitro benzene ring substituents is 1. The van der Waals surface area contributed by atoms with Gasteiger partial charge in [0, 0.05) is 12.5 Å². The predicted molar refractivity (Wildman–Crippen MR) is 130 cm³/mol. The van der Waals surface area contributed by atoms with Gasteiger partial charge in [-0.25, -0.2) is 4.79 Å². The molecule has 3 aromatic carbocycles. The van der Waals surface area contributed by atoms with Crippen molar-refractivity contribution in [3.05, 3.63) is 93.5 Å². The van der Waals surface area contributed by atoms with Crippen LogP contribution < -0.4 is 15.4 Å². The Morgan fingerprint density at radius 1 is 1.05 bits per heavy atom. The fourth-order valence-electron chi connectivity index (χ4n) is 3.96. The molecule has 2 atom stereocenters. The second kappa shape index (κ2) is 10.8. The molecule has 0 saturated carbocycles. The van der Waals surface area contributed by atoms with E-state index in [-0.39, 0.29) is 35.8 Å². The smallest absolute Gasteiger partial charge is 0.328 e. The van der Waals surface area contributed by atoms with Crippen LogP contribution in [0.15, 0.2) is 66.7 Å². The van der Waals surface area contributed by atoms with E-state index in [1.54, 1.807) is 30.3 Å². The van der Waals surface area contributed by atoms with E-state index in [4.69, 9.17) is 9.47 Å². The third-order valence-corrected chi connectivity index (χ3v) is 5.75. The first kappa shape index (κ1) is 25.2. The minimum Gasteiger partial charge on any atom is -0.508 e. The van der Waals surface area contributed by atoms with Crippen LogP contribution >= 0.6 is 0 Å².